The van der Waals surface area contributed by atoms with Crippen molar-refractivity contribution in [3.05, 3.63) is 76.0 Å². The van der Waals surface area contributed by atoms with Gasteiger partial charge >= 0.3 is 0 Å². The molecule has 1 amide bonds. The molecule has 0 aliphatic carbocycles. The topological polar surface area (TPSA) is 100 Å². The Balaban J connectivity index is 1.67. The number of nitrogens with zero attached hydrogens (tertiary/aromatic N) is 2. The Labute approximate surface area is 137 Å². The van der Waals surface area contributed by atoms with Gasteiger partial charge in [0.15, 0.2) is 0 Å². The Morgan fingerprint density at radius 2 is 1.96 bits per heavy atom. The highest BCUT2D eigenvalue weighted by molar-refractivity contribution is 5.90. The van der Waals surface area contributed by atoms with Crippen molar-refractivity contribution in [2.45, 2.75) is 6.42 Å². The summed E-state index contributed by atoms with van der Waals surface area (Å²) in [7, 11) is 0. The number of benzene rings is 2. The van der Waals surface area contributed by atoms with Gasteiger partial charge in [0.2, 0.25) is 5.91 Å². The van der Waals surface area contributed by atoms with Gasteiger partial charge in [0.25, 0.3) is 5.69 Å². The average Bonchev–Trinajstić information content (AvgIpc) is 2.98. The first-order valence-corrected chi connectivity index (χ1v) is 7.25. The fourth-order valence-corrected chi connectivity index (χ4v) is 2.43. The number of para-hydroxylation sites is 2. The van der Waals surface area contributed by atoms with E-state index in [0.29, 0.717) is 5.56 Å². The molecule has 0 radical (unpaired) electrons. The third kappa shape index (κ3) is 3.30. The third-order valence-electron chi connectivity index (χ3n) is 3.55. The van der Waals surface area contributed by atoms with E-state index in [1.165, 1.54) is 12.3 Å². The zero-order valence-electron chi connectivity index (χ0n) is 12.6. The van der Waals surface area contributed by atoms with Crippen LogP contribution in [0, 0.1) is 10.1 Å². The van der Waals surface area contributed by atoms with Crippen LogP contribution in [0.3, 0.4) is 0 Å². The number of aromatic amines is 1. The molecular formula is C17H14N4O3. The molecule has 0 atom stereocenters. The molecule has 0 saturated heterocycles. The number of aromatic nitrogens is 1. The number of hydrazone groups is 1. The zero-order valence-corrected chi connectivity index (χ0v) is 12.6. The molecule has 1 heterocycles. The number of hydrogen-bond acceptors (Lipinski definition) is 4. The third-order valence-corrected chi connectivity index (χ3v) is 3.55. The summed E-state index contributed by atoms with van der Waals surface area (Å²) in [6, 6.07) is 13.9. The first kappa shape index (κ1) is 15.4. The number of carbonyl (C=O) groups is 1. The second-order valence-electron chi connectivity index (χ2n) is 5.15. The van der Waals surface area contributed by atoms with Crippen molar-refractivity contribution in [2.24, 2.45) is 5.10 Å². The van der Waals surface area contributed by atoms with E-state index in [1.54, 1.807) is 24.4 Å². The summed E-state index contributed by atoms with van der Waals surface area (Å²) in [4.78, 5) is 25.5. The summed E-state index contributed by atoms with van der Waals surface area (Å²) in [6.07, 6.45) is 3.22. The smallest absolute Gasteiger partial charge is 0.278 e. The Bertz CT molecular complexity index is 930. The molecule has 2 N–H and O–H groups in total. The zero-order chi connectivity index (χ0) is 16.9. The fraction of sp³-hybridized carbons (Fsp3) is 0.0588. The number of nitro benzene ring substituents is 1. The molecule has 120 valence electrons. The fourth-order valence-electron chi connectivity index (χ4n) is 2.43. The van der Waals surface area contributed by atoms with Crippen LogP contribution in [0.5, 0.6) is 0 Å². The van der Waals surface area contributed by atoms with Crippen molar-refractivity contribution in [1.82, 2.24) is 10.4 Å². The van der Waals surface area contributed by atoms with Crippen LogP contribution in [0.15, 0.2) is 59.8 Å². The minimum Gasteiger partial charge on any atom is -0.361 e. The van der Waals surface area contributed by atoms with Gasteiger partial charge in [-0.15, -0.1) is 0 Å². The number of hydrogen-bond donors (Lipinski definition) is 2. The molecule has 1 aromatic heterocycles. The standard InChI is InChI=1S/C17H14N4O3/c22-17(9-13-10-18-15-7-3-2-6-14(13)15)20-19-11-12-5-1-4-8-16(12)21(23)24/h1-8,10-11,18H,9H2,(H,20,22)/b19-11-. The van der Waals surface area contributed by atoms with Crippen molar-refractivity contribution in [2.75, 3.05) is 0 Å². The van der Waals surface area contributed by atoms with Gasteiger partial charge in [-0.05, 0) is 17.7 Å². The van der Waals surface area contributed by atoms with E-state index in [1.807, 2.05) is 24.3 Å². The minimum atomic E-state index is -0.491. The number of amides is 1. The summed E-state index contributed by atoms with van der Waals surface area (Å²) in [5.74, 6) is -0.297. The maximum absolute atomic E-state index is 12.0. The van der Waals surface area contributed by atoms with Gasteiger partial charge in [0.1, 0.15) is 0 Å². The summed E-state index contributed by atoms with van der Waals surface area (Å²) >= 11 is 0. The van der Waals surface area contributed by atoms with Crippen molar-refractivity contribution >= 4 is 28.7 Å². The largest absolute Gasteiger partial charge is 0.361 e. The minimum absolute atomic E-state index is 0.0628. The Morgan fingerprint density at radius 1 is 1.21 bits per heavy atom. The SMILES string of the molecule is O=C(Cc1c[nH]c2ccccc12)N/N=C\c1ccccc1[N+](=O)[O-]. The maximum Gasteiger partial charge on any atom is 0.278 e. The van der Waals surface area contributed by atoms with E-state index < -0.39 is 4.92 Å². The molecule has 7 heteroatoms. The predicted octanol–water partition coefficient (Wildman–Crippen LogP) is 2.77. The molecule has 0 fully saturated rings. The van der Waals surface area contributed by atoms with Crippen LogP contribution < -0.4 is 5.43 Å². The van der Waals surface area contributed by atoms with Crippen LogP contribution in [0.25, 0.3) is 10.9 Å². The first-order valence-electron chi connectivity index (χ1n) is 7.25. The van der Waals surface area contributed by atoms with E-state index in [9.17, 15) is 14.9 Å². The van der Waals surface area contributed by atoms with Gasteiger partial charge in [0.05, 0.1) is 23.1 Å². The van der Waals surface area contributed by atoms with E-state index >= 15 is 0 Å². The lowest BCUT2D eigenvalue weighted by atomic mass is 10.1. The van der Waals surface area contributed by atoms with E-state index in [-0.39, 0.29) is 18.0 Å². The molecule has 3 rings (SSSR count). The summed E-state index contributed by atoms with van der Waals surface area (Å²) in [6.45, 7) is 0. The van der Waals surface area contributed by atoms with Gasteiger partial charge in [-0.2, -0.15) is 5.10 Å². The highest BCUT2D eigenvalue weighted by atomic mass is 16.6. The van der Waals surface area contributed by atoms with Crippen LogP contribution in [-0.2, 0) is 11.2 Å². The van der Waals surface area contributed by atoms with Crippen LogP contribution >= 0.6 is 0 Å². The monoisotopic (exact) mass is 322 g/mol. The molecule has 3 aromatic rings. The summed E-state index contributed by atoms with van der Waals surface area (Å²) in [5, 5.41) is 15.7. The maximum atomic E-state index is 12.0. The molecule has 0 saturated carbocycles. The van der Waals surface area contributed by atoms with Gasteiger partial charge < -0.3 is 4.98 Å². The van der Waals surface area contributed by atoms with E-state index in [0.717, 1.165) is 16.5 Å². The Hall–Kier alpha value is -3.48. The molecule has 7 nitrogen and oxygen atoms in total. The number of rotatable bonds is 5. The van der Waals surface area contributed by atoms with Crippen LogP contribution in [0.2, 0.25) is 0 Å². The molecule has 24 heavy (non-hydrogen) atoms. The van der Waals surface area contributed by atoms with Crippen LogP contribution in [0.1, 0.15) is 11.1 Å². The number of carbonyl (C=O) groups excluding carboxylic acids is 1. The predicted molar refractivity (Wildman–Crippen MR) is 90.8 cm³/mol. The molecule has 2 aromatic carbocycles. The Morgan fingerprint density at radius 3 is 2.79 bits per heavy atom. The second kappa shape index (κ2) is 6.74. The van der Waals surface area contributed by atoms with Crippen molar-refractivity contribution in [3.8, 4) is 0 Å². The van der Waals surface area contributed by atoms with Crippen molar-refractivity contribution < 1.29 is 9.72 Å². The van der Waals surface area contributed by atoms with Crippen molar-refractivity contribution in [3.63, 3.8) is 0 Å². The van der Waals surface area contributed by atoms with Gasteiger partial charge in [-0.25, -0.2) is 5.43 Å². The number of nitro groups is 1. The average molecular weight is 322 g/mol. The lowest BCUT2D eigenvalue weighted by molar-refractivity contribution is -0.385. The number of fused-ring (bicyclic) bond motifs is 1. The molecular weight excluding hydrogens is 308 g/mol. The highest BCUT2D eigenvalue weighted by Crippen LogP contribution is 2.18. The normalized spacial score (nSPS) is 11.0. The molecule has 0 unspecified atom stereocenters. The number of H-pyrrole nitrogens is 1. The van der Waals surface area contributed by atoms with E-state index in [4.69, 9.17) is 0 Å². The summed E-state index contributed by atoms with van der Waals surface area (Å²) < 4.78 is 0. The lowest BCUT2D eigenvalue weighted by Crippen LogP contribution is -2.19. The van der Waals surface area contributed by atoms with Crippen LogP contribution in [0.4, 0.5) is 5.69 Å². The van der Waals surface area contributed by atoms with Gasteiger partial charge in [-0.3, -0.25) is 14.9 Å². The molecule has 0 aliphatic rings. The molecule has 0 spiro atoms. The lowest BCUT2D eigenvalue weighted by Gasteiger charge is -2.00. The van der Waals surface area contributed by atoms with Crippen LogP contribution in [-0.4, -0.2) is 22.0 Å². The van der Waals surface area contributed by atoms with Gasteiger partial charge in [0, 0.05) is 23.2 Å². The Kier molecular flexibility index (Phi) is 4.33. The quantitative estimate of drug-likeness (QED) is 0.429. The molecule has 0 aliphatic heterocycles. The highest BCUT2D eigenvalue weighted by Gasteiger charge is 2.11. The molecule has 0 bridgehead atoms. The first-order chi connectivity index (χ1) is 11.6. The second-order valence-corrected chi connectivity index (χ2v) is 5.15. The summed E-state index contributed by atoms with van der Waals surface area (Å²) in [5.41, 5.74) is 4.49. The number of nitrogens with one attached hydrogen (secondary N) is 2. The van der Waals surface area contributed by atoms with Crippen molar-refractivity contribution in [1.29, 1.82) is 0 Å². The van der Waals surface area contributed by atoms with Gasteiger partial charge in [-0.1, -0.05) is 30.3 Å². The van der Waals surface area contributed by atoms with E-state index in [2.05, 4.69) is 15.5 Å².